The Balaban J connectivity index is 1.80. The lowest BCUT2D eigenvalue weighted by molar-refractivity contribution is -0.170. The number of hydrogen-bond acceptors (Lipinski definition) is 6. The topological polar surface area (TPSA) is 77.3 Å². The van der Waals surface area contributed by atoms with E-state index >= 15 is 0 Å². The van der Waals surface area contributed by atoms with Crippen molar-refractivity contribution >= 4 is 21.2 Å². The van der Waals surface area contributed by atoms with E-state index in [2.05, 4.69) is 11.6 Å². The zero-order chi connectivity index (χ0) is 26.0. The highest BCUT2D eigenvalue weighted by Gasteiger charge is 2.35. The Bertz CT molecular complexity index is 1250. The van der Waals surface area contributed by atoms with Gasteiger partial charge in [-0.25, -0.2) is 12.8 Å². The van der Waals surface area contributed by atoms with Crippen molar-refractivity contribution < 1.29 is 26.0 Å². The zero-order valence-electron chi connectivity index (χ0n) is 19.4. The summed E-state index contributed by atoms with van der Waals surface area (Å²) < 4.78 is 77.6. The summed E-state index contributed by atoms with van der Waals surface area (Å²) in [5.41, 5.74) is 1.79. The lowest BCUT2D eigenvalue weighted by Crippen LogP contribution is -2.45. The van der Waals surface area contributed by atoms with Crippen LogP contribution in [0.4, 0.5) is 23.2 Å². The molecule has 0 saturated carbocycles. The van der Waals surface area contributed by atoms with E-state index in [9.17, 15) is 26.0 Å². The van der Waals surface area contributed by atoms with Crippen molar-refractivity contribution in [3.63, 3.8) is 0 Å². The van der Waals surface area contributed by atoms with Crippen LogP contribution >= 0.6 is 0 Å². The molecule has 2 aromatic rings. The minimum atomic E-state index is -4.33. The fraction of sp³-hybridized carbons (Fsp3) is 0.417. The van der Waals surface area contributed by atoms with Crippen LogP contribution in [0.5, 0.6) is 0 Å². The number of piperazine rings is 1. The Morgan fingerprint density at radius 2 is 1.89 bits per heavy atom. The Morgan fingerprint density at radius 3 is 2.43 bits per heavy atom. The van der Waals surface area contributed by atoms with E-state index in [0.29, 0.717) is 48.8 Å². The average Bonchev–Trinajstić information content (AvgIpc) is 2.80. The summed E-state index contributed by atoms with van der Waals surface area (Å²) in [5.74, 6) is -2.03. The molecule has 0 aliphatic carbocycles. The summed E-state index contributed by atoms with van der Waals surface area (Å²) in [6.07, 6.45) is -2.32. The molecule has 1 atom stereocenters. The van der Waals surface area contributed by atoms with Crippen LogP contribution in [0.2, 0.25) is 0 Å². The molecule has 1 aromatic heterocycles. The summed E-state index contributed by atoms with van der Waals surface area (Å²) in [6, 6.07) is 7.58. The lowest BCUT2D eigenvalue weighted by atomic mass is 9.99. The van der Waals surface area contributed by atoms with Gasteiger partial charge in [0.2, 0.25) is 0 Å². The third kappa shape index (κ3) is 6.31. The van der Waals surface area contributed by atoms with Gasteiger partial charge >= 0.3 is 6.18 Å². The van der Waals surface area contributed by atoms with Gasteiger partial charge in [-0.2, -0.15) is 18.4 Å². The monoisotopic (exact) mass is 510 g/mol. The molecule has 0 N–H and O–H groups in total. The summed E-state index contributed by atoms with van der Waals surface area (Å²) in [4.78, 5) is 7.86. The number of anilines is 1. The van der Waals surface area contributed by atoms with Gasteiger partial charge in [0.1, 0.15) is 5.82 Å². The van der Waals surface area contributed by atoms with Gasteiger partial charge in [-0.3, -0.25) is 4.98 Å². The van der Waals surface area contributed by atoms with Crippen molar-refractivity contribution in [3.05, 3.63) is 59.7 Å². The highest BCUT2D eigenvalue weighted by molar-refractivity contribution is 7.90. The normalized spacial score (nSPS) is 15.6. The van der Waals surface area contributed by atoms with Crippen LogP contribution in [-0.2, 0) is 16.3 Å². The molecule has 188 valence electrons. The number of pyridine rings is 1. The highest BCUT2D eigenvalue weighted by atomic mass is 32.2. The number of aromatic nitrogens is 1. The predicted octanol–water partition coefficient (Wildman–Crippen LogP) is 4.42. The maximum Gasteiger partial charge on any atom is 0.391 e. The summed E-state index contributed by atoms with van der Waals surface area (Å²) in [6.45, 7) is 6.91. The maximum absolute atomic E-state index is 14.4. The second-order valence-corrected chi connectivity index (χ2v) is 10.6. The molecule has 35 heavy (non-hydrogen) atoms. The molecule has 1 aliphatic rings. The number of rotatable bonds is 7. The Labute approximate surface area is 202 Å². The van der Waals surface area contributed by atoms with Crippen molar-refractivity contribution in [2.24, 2.45) is 5.92 Å². The largest absolute Gasteiger partial charge is 0.391 e. The molecule has 0 radical (unpaired) electrons. The fourth-order valence-electron chi connectivity index (χ4n) is 3.86. The van der Waals surface area contributed by atoms with Gasteiger partial charge in [0.05, 0.1) is 28.1 Å². The number of halogens is 4. The van der Waals surface area contributed by atoms with E-state index < -0.39 is 27.7 Å². The first-order chi connectivity index (χ1) is 16.3. The van der Waals surface area contributed by atoms with Gasteiger partial charge in [0.25, 0.3) is 0 Å². The van der Waals surface area contributed by atoms with Crippen LogP contribution in [0.15, 0.2) is 41.9 Å². The quantitative estimate of drug-likeness (QED) is 0.514. The second-order valence-electron chi connectivity index (χ2n) is 8.62. The number of alkyl halides is 3. The molecule has 3 rings (SSSR count). The molecule has 0 amide bonds. The minimum absolute atomic E-state index is 0.00941. The maximum atomic E-state index is 14.4. The molecular weight excluding hydrogens is 484 g/mol. The third-order valence-electron chi connectivity index (χ3n) is 6.14. The lowest BCUT2D eigenvalue weighted by Gasteiger charge is -2.38. The van der Waals surface area contributed by atoms with Crippen LogP contribution in [-0.4, -0.2) is 56.9 Å². The van der Waals surface area contributed by atoms with Crippen LogP contribution in [0, 0.1) is 23.1 Å². The highest BCUT2D eigenvalue weighted by Crippen LogP contribution is 2.32. The molecule has 0 bridgehead atoms. The molecule has 2 heterocycles. The molecule has 1 aliphatic heterocycles. The van der Waals surface area contributed by atoms with Gasteiger partial charge in [-0.1, -0.05) is 13.5 Å². The summed E-state index contributed by atoms with van der Waals surface area (Å²) in [5, 5.41) is 8.92. The molecule has 1 aromatic carbocycles. The van der Waals surface area contributed by atoms with Gasteiger partial charge < -0.3 is 9.80 Å². The van der Waals surface area contributed by atoms with E-state index in [0.717, 1.165) is 19.4 Å². The van der Waals surface area contributed by atoms with Crippen molar-refractivity contribution in [2.75, 3.05) is 37.3 Å². The van der Waals surface area contributed by atoms with Crippen molar-refractivity contribution in [2.45, 2.75) is 30.8 Å². The van der Waals surface area contributed by atoms with Crippen LogP contribution in [0.3, 0.4) is 0 Å². The molecule has 0 spiro atoms. The first-order valence-electron chi connectivity index (χ1n) is 11.0. The fourth-order valence-corrected chi connectivity index (χ4v) is 4.44. The number of nitrogens with zero attached hydrogens (tertiary/aromatic N) is 4. The van der Waals surface area contributed by atoms with Crippen molar-refractivity contribution in [1.82, 2.24) is 9.88 Å². The molecule has 11 heteroatoms. The predicted molar refractivity (Wildman–Crippen MR) is 125 cm³/mol. The Morgan fingerprint density at radius 1 is 1.23 bits per heavy atom. The van der Waals surface area contributed by atoms with Gasteiger partial charge in [-0.05, 0) is 37.1 Å². The molecule has 0 unspecified atom stereocenters. The van der Waals surface area contributed by atoms with Crippen LogP contribution in [0.25, 0.3) is 5.70 Å². The van der Waals surface area contributed by atoms with Crippen molar-refractivity contribution in [1.29, 1.82) is 5.26 Å². The Kier molecular flexibility index (Phi) is 7.74. The first kappa shape index (κ1) is 26.5. The van der Waals surface area contributed by atoms with Crippen LogP contribution < -0.4 is 4.90 Å². The second kappa shape index (κ2) is 10.2. The molecular formula is C24H26F4N4O2S. The summed E-state index contributed by atoms with van der Waals surface area (Å²) in [7, 11) is -3.59. The first-order valence-corrected chi connectivity index (χ1v) is 12.8. The van der Waals surface area contributed by atoms with Crippen LogP contribution in [0.1, 0.15) is 30.2 Å². The SMILES string of the molecule is C=C(c1cc(S(C)(=O)=O)cnc1CC[C@@H](C)C(F)(F)F)N1CCN(c2ccc(C#N)cc2F)CC1. The van der Waals surface area contributed by atoms with E-state index in [4.69, 9.17) is 5.26 Å². The molecule has 6 nitrogen and oxygen atoms in total. The van der Waals surface area contributed by atoms with E-state index in [1.165, 1.54) is 12.1 Å². The van der Waals surface area contributed by atoms with E-state index in [1.54, 1.807) is 12.1 Å². The number of aryl methyl sites for hydroxylation is 1. The van der Waals surface area contributed by atoms with Gasteiger partial charge in [0.15, 0.2) is 9.84 Å². The van der Waals surface area contributed by atoms with E-state index in [-0.39, 0.29) is 23.3 Å². The third-order valence-corrected chi connectivity index (χ3v) is 7.22. The van der Waals surface area contributed by atoms with Crippen molar-refractivity contribution in [3.8, 4) is 6.07 Å². The standard InChI is InChI=1S/C24H26F4N4O2S/c1-16(24(26,27)28)4-6-22-20(13-19(15-30-22)35(3,33)34)17(2)31-8-10-32(11-9-31)23-7-5-18(14-29)12-21(23)25/h5,7,12-13,15-16H,2,4,6,8-11H2,1,3H3/t16-/m1/s1. The number of hydrogen-bond donors (Lipinski definition) is 0. The average molecular weight is 511 g/mol. The Hall–Kier alpha value is -3.13. The number of benzene rings is 1. The van der Waals surface area contributed by atoms with Gasteiger partial charge in [-0.15, -0.1) is 0 Å². The number of sulfone groups is 1. The van der Waals surface area contributed by atoms with Gasteiger partial charge in [0, 0.05) is 55.6 Å². The summed E-state index contributed by atoms with van der Waals surface area (Å²) >= 11 is 0. The molecule has 1 saturated heterocycles. The number of nitriles is 1. The smallest absolute Gasteiger partial charge is 0.368 e. The zero-order valence-corrected chi connectivity index (χ0v) is 20.3. The minimum Gasteiger partial charge on any atom is -0.368 e. The van der Waals surface area contributed by atoms with E-state index in [1.807, 2.05) is 15.9 Å². The molecule has 1 fully saturated rings.